The molecule has 1 amide bonds. The van der Waals surface area contributed by atoms with E-state index in [1.807, 2.05) is 121 Å². The molecule has 1 fully saturated rings. The summed E-state index contributed by atoms with van der Waals surface area (Å²) in [5.41, 5.74) is 6.63. The summed E-state index contributed by atoms with van der Waals surface area (Å²) in [4.78, 5) is 36.4. The van der Waals surface area contributed by atoms with Gasteiger partial charge in [0.2, 0.25) is 0 Å². The van der Waals surface area contributed by atoms with Gasteiger partial charge in [-0.3, -0.25) is 19.6 Å². The number of nitrogens with zero attached hydrogens (tertiary/aromatic N) is 4. The third kappa shape index (κ3) is 5.05. The van der Waals surface area contributed by atoms with Crippen molar-refractivity contribution in [2.45, 2.75) is 11.4 Å². The highest BCUT2D eigenvalue weighted by Crippen LogP contribution is 2.46. The third-order valence-electron chi connectivity index (χ3n) is 7.15. The van der Waals surface area contributed by atoms with E-state index in [1.165, 1.54) is 28.1 Å². The predicted octanol–water partition coefficient (Wildman–Crippen LogP) is 5.35. The molecule has 5 aromatic rings. The zero-order valence-electron chi connectivity index (χ0n) is 22.9. The molecule has 4 aromatic carbocycles. The van der Waals surface area contributed by atoms with Gasteiger partial charge in [0.05, 0.1) is 23.6 Å². The summed E-state index contributed by atoms with van der Waals surface area (Å²) >= 11 is 9.14. The van der Waals surface area contributed by atoms with E-state index < -0.39 is 0 Å². The van der Waals surface area contributed by atoms with E-state index in [4.69, 9.17) is 16.6 Å². The molecule has 10 heteroatoms. The highest BCUT2D eigenvalue weighted by Gasteiger charge is 2.36. The van der Waals surface area contributed by atoms with Crippen LogP contribution in [0.1, 0.15) is 5.56 Å². The maximum Gasteiger partial charge on any atom is 0.283 e. The molecule has 1 saturated heterocycles. The highest BCUT2D eigenvalue weighted by molar-refractivity contribution is 8.08. The molecule has 1 N–H and O–H groups in total. The molecule has 7 nitrogen and oxygen atoms in total. The van der Waals surface area contributed by atoms with Crippen LogP contribution in [-0.4, -0.2) is 23.4 Å². The number of anilines is 2. The average Bonchev–Trinajstić information content (AvgIpc) is 3.64. The molecular weight excluding hydrogens is 598 g/mol. The van der Waals surface area contributed by atoms with Crippen molar-refractivity contribution in [2.75, 3.05) is 17.0 Å². The largest absolute Gasteiger partial charge is 0.337 e. The van der Waals surface area contributed by atoms with Gasteiger partial charge in [-0.2, -0.15) is 0 Å². The summed E-state index contributed by atoms with van der Waals surface area (Å²) in [5, 5.41) is 2.90. The molecule has 1 aromatic heterocycles. The van der Waals surface area contributed by atoms with Gasteiger partial charge in [-0.05, 0) is 48.0 Å². The van der Waals surface area contributed by atoms with Gasteiger partial charge < -0.3 is 4.90 Å². The number of nitrogens with one attached hydrogen (secondary N) is 1. The van der Waals surface area contributed by atoms with Crippen molar-refractivity contribution >= 4 is 74.1 Å². The minimum absolute atomic E-state index is 0.172. The van der Waals surface area contributed by atoms with Gasteiger partial charge in [0.15, 0.2) is 5.84 Å². The molecule has 2 aliphatic rings. The van der Waals surface area contributed by atoms with Gasteiger partial charge in [-0.1, -0.05) is 90.1 Å². The van der Waals surface area contributed by atoms with Crippen molar-refractivity contribution in [1.82, 2.24) is 9.99 Å². The Hall–Kier alpha value is -4.57. The fourth-order valence-electron chi connectivity index (χ4n) is 5.05. The maximum atomic E-state index is 14.3. The summed E-state index contributed by atoms with van der Waals surface area (Å²) in [6.07, 6.45) is 0. The Kier molecular flexibility index (Phi) is 7.14. The fourth-order valence-corrected chi connectivity index (χ4v) is 7.69. The molecule has 43 heavy (non-hydrogen) atoms. The first-order chi connectivity index (χ1) is 21.0. The third-order valence-corrected chi connectivity index (χ3v) is 9.94. The van der Waals surface area contributed by atoms with E-state index >= 15 is 0 Å². The van der Waals surface area contributed by atoms with Crippen molar-refractivity contribution in [3.63, 3.8) is 0 Å². The summed E-state index contributed by atoms with van der Waals surface area (Å²) < 4.78 is 2.77. The Morgan fingerprint density at radius 2 is 1.53 bits per heavy atom. The quantitative estimate of drug-likeness (QED) is 0.293. The van der Waals surface area contributed by atoms with Gasteiger partial charge >= 0.3 is 0 Å². The van der Waals surface area contributed by atoms with Gasteiger partial charge in [0, 0.05) is 17.0 Å². The van der Waals surface area contributed by atoms with Gasteiger partial charge in [0.25, 0.3) is 11.5 Å². The molecular formula is C33H24ClN5O2S2. The Balaban J connectivity index is 1.51. The maximum absolute atomic E-state index is 14.3. The van der Waals surface area contributed by atoms with Crippen LogP contribution in [0.4, 0.5) is 17.1 Å². The van der Waals surface area contributed by atoms with Crippen LogP contribution in [0.3, 0.4) is 0 Å². The van der Waals surface area contributed by atoms with E-state index in [9.17, 15) is 9.59 Å². The molecule has 7 rings (SSSR count). The Morgan fingerprint density at radius 3 is 2.26 bits per heavy atom. The lowest BCUT2D eigenvalue weighted by molar-refractivity contribution is -0.113. The van der Waals surface area contributed by atoms with Crippen LogP contribution >= 0.6 is 34.7 Å². The Labute approximate surface area is 260 Å². The average molecular weight is 622 g/mol. The van der Waals surface area contributed by atoms with Crippen LogP contribution < -0.4 is 30.1 Å². The second-order valence-corrected chi connectivity index (χ2v) is 12.4. The van der Waals surface area contributed by atoms with Crippen LogP contribution in [0.5, 0.6) is 0 Å². The van der Waals surface area contributed by atoms with E-state index in [2.05, 4.69) is 5.43 Å². The number of carbonyl (C=O) groups excluding carboxylic acids is 1. The number of hydrogen-bond acceptors (Lipinski definition) is 6. The highest BCUT2D eigenvalue weighted by atomic mass is 35.5. The SMILES string of the molecule is CN1C(=c2sc(=C3C(=O)N(c4ccccc4)NC3=Nc3ccccc3)n(Cc3ccccc3)c2=O)Sc2ccc(Cl)cc21. The Morgan fingerprint density at radius 1 is 0.860 bits per heavy atom. The smallest absolute Gasteiger partial charge is 0.283 e. The molecule has 0 spiro atoms. The standard InChI is InChI=1S/C33H24ClN5O2S2/c1-37-25-19-22(34)17-18-26(25)42-33(37)28-31(41)38(20-21-11-5-2-6-12-21)32(43-28)27-29(35-23-13-7-3-8-14-23)36-39(30(27)40)24-15-9-4-10-16-24/h2-19H,20H2,1H3,(H,35,36). The molecule has 0 saturated carbocycles. The Bertz CT molecular complexity index is 2080. The van der Waals surface area contributed by atoms with Crippen LogP contribution in [0.15, 0.2) is 124 Å². The van der Waals surface area contributed by atoms with E-state index in [-0.39, 0.29) is 11.5 Å². The topological polar surface area (TPSA) is 69.9 Å². The number of fused-ring (bicyclic) bond motifs is 1. The molecule has 2 aliphatic heterocycles. The number of hydrogen-bond donors (Lipinski definition) is 1. The first kappa shape index (κ1) is 27.3. The molecule has 0 radical (unpaired) electrons. The van der Waals surface area contributed by atoms with Gasteiger partial charge in [0.1, 0.15) is 19.8 Å². The number of hydrazine groups is 1. The van der Waals surface area contributed by atoms with Crippen molar-refractivity contribution in [3.8, 4) is 0 Å². The van der Waals surface area contributed by atoms with Crippen molar-refractivity contribution < 1.29 is 4.79 Å². The number of amides is 1. The lowest BCUT2D eigenvalue weighted by atomic mass is 10.2. The number of benzene rings is 4. The zero-order valence-corrected chi connectivity index (χ0v) is 25.3. The van der Waals surface area contributed by atoms with E-state index in [1.54, 1.807) is 4.57 Å². The van der Waals surface area contributed by atoms with Crippen LogP contribution in [-0.2, 0) is 11.3 Å². The summed E-state index contributed by atoms with van der Waals surface area (Å²) in [6, 6.07) is 34.3. The number of rotatable bonds is 4. The number of halogens is 1. The number of aliphatic imine (C=N–C) groups is 1. The fraction of sp³-hybridized carbons (Fsp3) is 0.0606. The normalized spacial score (nSPS) is 17.9. The number of aromatic nitrogens is 1. The van der Waals surface area contributed by atoms with E-state index in [0.717, 1.165) is 21.2 Å². The lowest BCUT2D eigenvalue weighted by Crippen LogP contribution is -2.36. The van der Waals surface area contributed by atoms with Gasteiger partial charge in [-0.25, -0.2) is 10.0 Å². The number of thioether (sulfide) groups is 1. The first-order valence-electron chi connectivity index (χ1n) is 13.5. The first-order valence-corrected chi connectivity index (χ1v) is 15.5. The zero-order chi connectivity index (χ0) is 29.5. The van der Waals surface area contributed by atoms with E-state index in [0.29, 0.717) is 43.5 Å². The minimum Gasteiger partial charge on any atom is -0.337 e. The lowest BCUT2D eigenvalue weighted by Gasteiger charge is -2.14. The van der Waals surface area contributed by atoms with Crippen molar-refractivity contribution in [3.05, 3.63) is 139 Å². The molecule has 0 unspecified atom stereocenters. The second kappa shape index (κ2) is 11.3. The summed E-state index contributed by atoms with van der Waals surface area (Å²) in [5.74, 6) is 0.0881. The van der Waals surface area contributed by atoms with Crippen LogP contribution in [0.2, 0.25) is 5.02 Å². The number of amidine groups is 1. The number of carbonyl (C=O) groups is 1. The molecule has 0 bridgehead atoms. The molecule has 3 heterocycles. The molecule has 0 atom stereocenters. The minimum atomic E-state index is -0.289. The number of para-hydroxylation sites is 2. The van der Waals surface area contributed by atoms with Crippen molar-refractivity contribution in [1.29, 1.82) is 0 Å². The van der Waals surface area contributed by atoms with Crippen LogP contribution in [0.25, 0.3) is 10.6 Å². The second-order valence-electron chi connectivity index (χ2n) is 9.95. The van der Waals surface area contributed by atoms with Crippen molar-refractivity contribution in [2.24, 2.45) is 4.99 Å². The predicted molar refractivity (Wildman–Crippen MR) is 177 cm³/mol. The van der Waals surface area contributed by atoms with Gasteiger partial charge in [-0.15, -0.1) is 11.3 Å². The van der Waals surface area contributed by atoms with Crippen LogP contribution in [0, 0.1) is 0 Å². The number of thiazole rings is 1. The summed E-state index contributed by atoms with van der Waals surface area (Å²) in [6.45, 7) is 0.298. The summed E-state index contributed by atoms with van der Waals surface area (Å²) in [7, 11) is 1.93. The monoisotopic (exact) mass is 621 g/mol. The molecule has 0 aliphatic carbocycles. The molecule has 212 valence electrons.